The molecule has 1 aromatic carbocycles. The molecule has 0 amide bonds. The van der Waals surface area contributed by atoms with Gasteiger partial charge in [0.15, 0.2) is 5.84 Å². The molecule has 0 bridgehead atoms. The molecule has 17 heavy (non-hydrogen) atoms. The van der Waals surface area contributed by atoms with Crippen molar-refractivity contribution in [3.8, 4) is 0 Å². The summed E-state index contributed by atoms with van der Waals surface area (Å²) >= 11 is 0. The molecule has 0 aliphatic carbocycles. The lowest BCUT2D eigenvalue weighted by molar-refractivity contribution is 0.108. The first kappa shape index (κ1) is 20.5. The molecular formula is C9H13F5N2O. The van der Waals surface area contributed by atoms with Gasteiger partial charge in [-0.05, 0) is 24.3 Å². The normalized spacial score (nSPS) is 8.53. The number of hydrogen-bond acceptors (Lipinski definition) is 2. The molecule has 0 saturated heterocycles. The van der Waals surface area contributed by atoms with Crippen molar-refractivity contribution in [1.29, 1.82) is 0 Å². The lowest BCUT2D eigenvalue weighted by Gasteiger charge is -1.95. The predicted octanol–water partition coefficient (Wildman–Crippen LogP) is 2.93. The van der Waals surface area contributed by atoms with Crippen LogP contribution in [0.3, 0.4) is 0 Å². The van der Waals surface area contributed by atoms with Crippen LogP contribution in [-0.2, 0) is 0 Å². The summed E-state index contributed by atoms with van der Waals surface area (Å²) in [5, 5.41) is 11.0. The second kappa shape index (κ2) is 16.6. The third-order valence-corrected chi connectivity index (χ3v) is 1.25. The summed E-state index contributed by atoms with van der Waals surface area (Å²) in [7, 11) is 1.00. The van der Waals surface area contributed by atoms with E-state index in [1.807, 2.05) is 0 Å². The minimum Gasteiger partial charge on any atom is -0.409 e. The van der Waals surface area contributed by atoms with E-state index in [1.165, 1.54) is 24.3 Å². The fourth-order valence-electron chi connectivity index (χ4n) is 0.678. The quantitative estimate of drug-likeness (QED) is 0.268. The van der Waals surface area contributed by atoms with Crippen LogP contribution in [0.2, 0.25) is 0 Å². The zero-order valence-electron chi connectivity index (χ0n) is 9.17. The molecule has 3 nitrogen and oxygen atoms in total. The average Bonchev–Trinajstić information content (AvgIpc) is 2.45. The molecule has 0 radical (unpaired) electrons. The van der Waals surface area contributed by atoms with Gasteiger partial charge in [-0.3, -0.25) is 8.78 Å². The van der Waals surface area contributed by atoms with Crippen LogP contribution in [0.5, 0.6) is 0 Å². The van der Waals surface area contributed by atoms with Gasteiger partial charge < -0.3 is 10.9 Å². The van der Waals surface area contributed by atoms with Gasteiger partial charge in [0.1, 0.15) is 5.82 Å². The van der Waals surface area contributed by atoms with Crippen LogP contribution in [0.1, 0.15) is 5.56 Å². The topological polar surface area (TPSA) is 58.6 Å². The molecule has 1 aromatic rings. The molecule has 0 spiro atoms. The first-order chi connectivity index (χ1) is 8.24. The van der Waals surface area contributed by atoms with Crippen LogP contribution in [0.4, 0.5) is 22.3 Å². The zero-order chi connectivity index (χ0) is 14.3. The van der Waals surface area contributed by atoms with Crippen molar-refractivity contribution in [2.45, 2.75) is 0 Å². The summed E-state index contributed by atoms with van der Waals surface area (Å²) in [5.74, 6) is -0.371. The van der Waals surface area contributed by atoms with Gasteiger partial charge in [-0.1, -0.05) is 5.16 Å². The Labute approximate surface area is 95.2 Å². The summed E-state index contributed by atoms with van der Waals surface area (Å²) in [6.45, 7) is 0. The number of hydrogen-bond donors (Lipinski definition) is 2. The van der Waals surface area contributed by atoms with Crippen molar-refractivity contribution < 1.29 is 27.5 Å². The zero-order valence-corrected chi connectivity index (χ0v) is 9.17. The van der Waals surface area contributed by atoms with Crippen molar-refractivity contribution in [1.82, 2.24) is 0 Å². The predicted molar refractivity (Wildman–Crippen MR) is 55.2 cm³/mol. The van der Waals surface area contributed by atoms with Crippen molar-refractivity contribution in [2.24, 2.45) is 10.9 Å². The van der Waals surface area contributed by atoms with E-state index in [4.69, 9.17) is 20.1 Å². The lowest BCUT2D eigenvalue weighted by Crippen LogP contribution is -2.12. The number of rotatable bonds is 1. The minimum absolute atomic E-state index is 0.0231. The number of amidine groups is 1. The summed E-state index contributed by atoms with van der Waals surface area (Å²) < 4.78 is 47.3. The third-order valence-electron chi connectivity index (χ3n) is 1.25. The van der Waals surface area contributed by atoms with Gasteiger partial charge in [-0.25, -0.2) is 4.39 Å². The number of benzene rings is 1. The van der Waals surface area contributed by atoms with Crippen LogP contribution in [0.15, 0.2) is 29.4 Å². The van der Waals surface area contributed by atoms with Crippen LogP contribution in [-0.4, -0.2) is 25.4 Å². The van der Waals surface area contributed by atoms with E-state index in [1.54, 1.807) is 0 Å². The molecule has 1 rings (SSSR count). The summed E-state index contributed by atoms with van der Waals surface area (Å²) in [6, 6.07) is 5.36. The fraction of sp³-hybridized carbons (Fsp3) is 0.222. The maximum atomic E-state index is 12.3. The van der Waals surface area contributed by atoms with Gasteiger partial charge in [0, 0.05) is 14.7 Å². The van der Waals surface area contributed by atoms with E-state index in [0.29, 0.717) is 19.9 Å². The Morgan fingerprint density at radius 1 is 1.06 bits per heavy atom. The van der Waals surface area contributed by atoms with Crippen LogP contribution in [0, 0.1) is 5.82 Å². The molecule has 0 unspecified atom stereocenters. The van der Waals surface area contributed by atoms with Crippen LogP contribution in [0.25, 0.3) is 0 Å². The van der Waals surface area contributed by atoms with Crippen molar-refractivity contribution >= 4 is 5.84 Å². The van der Waals surface area contributed by atoms with E-state index < -0.39 is 0 Å². The third kappa shape index (κ3) is 10.4. The molecule has 0 atom stereocenters. The van der Waals surface area contributed by atoms with E-state index in [0.717, 1.165) is 0 Å². The standard InChI is InChI=1S/C7H7FN2O.2CH3F.F2/c8-6-3-1-5(2-4-6)7(9)10-11;3*1-2/h1-4,11H,(H2,9,10);2*1H3;. The Morgan fingerprint density at radius 2 is 1.41 bits per heavy atom. The first-order valence-electron chi connectivity index (χ1n) is 3.87. The Bertz CT molecular complexity index is 279. The number of nitrogens with zero attached hydrogens (tertiary/aromatic N) is 1. The Balaban J connectivity index is -0.000000285. The van der Waals surface area contributed by atoms with Crippen molar-refractivity contribution in [3.05, 3.63) is 35.6 Å². The molecule has 0 aliphatic rings. The summed E-state index contributed by atoms with van der Waals surface area (Å²) in [6.07, 6.45) is 0. The molecule has 3 N–H and O–H groups in total. The van der Waals surface area contributed by atoms with Gasteiger partial charge in [0.25, 0.3) is 0 Å². The maximum Gasteiger partial charge on any atom is 0.170 e. The van der Waals surface area contributed by atoms with E-state index in [-0.39, 0.29) is 11.7 Å². The highest BCUT2D eigenvalue weighted by molar-refractivity contribution is 5.96. The molecule has 0 heterocycles. The highest BCUT2D eigenvalue weighted by Gasteiger charge is 1.97. The molecular weight excluding hydrogens is 247 g/mol. The van der Waals surface area contributed by atoms with Crippen LogP contribution < -0.4 is 5.73 Å². The van der Waals surface area contributed by atoms with Gasteiger partial charge >= 0.3 is 0 Å². The number of halogens is 5. The highest BCUT2D eigenvalue weighted by atomic mass is 20.0. The molecule has 0 aromatic heterocycles. The van der Waals surface area contributed by atoms with E-state index >= 15 is 0 Å². The van der Waals surface area contributed by atoms with Gasteiger partial charge in [0.05, 0.1) is 14.4 Å². The number of oxime groups is 1. The fourth-order valence-corrected chi connectivity index (χ4v) is 0.678. The summed E-state index contributed by atoms with van der Waals surface area (Å²) in [4.78, 5) is 0. The van der Waals surface area contributed by atoms with Crippen LogP contribution >= 0.6 is 0 Å². The monoisotopic (exact) mass is 260 g/mol. The van der Waals surface area contributed by atoms with Crippen molar-refractivity contribution in [3.63, 3.8) is 0 Å². The Morgan fingerprint density at radius 3 is 1.71 bits per heavy atom. The molecule has 0 saturated carbocycles. The number of alkyl halides is 2. The van der Waals surface area contributed by atoms with E-state index in [9.17, 15) is 13.2 Å². The smallest absolute Gasteiger partial charge is 0.170 e. The second-order valence-electron chi connectivity index (χ2n) is 1.99. The number of nitrogens with two attached hydrogens (primary N) is 1. The first-order valence-corrected chi connectivity index (χ1v) is 3.87. The molecule has 100 valence electrons. The maximum absolute atomic E-state index is 12.3. The minimum atomic E-state index is -0.348. The van der Waals surface area contributed by atoms with Gasteiger partial charge in [-0.2, -0.15) is 0 Å². The second-order valence-corrected chi connectivity index (χ2v) is 1.99. The van der Waals surface area contributed by atoms with Gasteiger partial charge in [-0.15, -0.1) is 0 Å². The van der Waals surface area contributed by atoms with Gasteiger partial charge in [0.2, 0.25) is 0 Å². The summed E-state index contributed by atoms with van der Waals surface area (Å²) in [5.41, 5.74) is 5.72. The van der Waals surface area contributed by atoms with E-state index in [2.05, 4.69) is 5.16 Å². The molecule has 0 aliphatic heterocycles. The SMILES string of the molecule is CF.CF.FF.N/C(=N\O)c1ccc(F)cc1. The van der Waals surface area contributed by atoms with Crippen molar-refractivity contribution in [2.75, 3.05) is 14.4 Å². The Kier molecular flexibility index (Phi) is 20.0. The molecule has 8 heteroatoms. The highest BCUT2D eigenvalue weighted by Crippen LogP contribution is 2.01. The Hall–Kier alpha value is -1.86. The average molecular weight is 260 g/mol. The lowest BCUT2D eigenvalue weighted by atomic mass is 10.2. The largest absolute Gasteiger partial charge is 0.409 e. The molecule has 0 fully saturated rings.